The van der Waals surface area contributed by atoms with Crippen molar-refractivity contribution in [3.63, 3.8) is 0 Å². The third-order valence-electron chi connectivity index (χ3n) is 7.47. The molecule has 2 aromatic carbocycles. The summed E-state index contributed by atoms with van der Waals surface area (Å²) in [4.78, 5) is 19.4. The summed E-state index contributed by atoms with van der Waals surface area (Å²) in [6.07, 6.45) is 5.77. The zero-order valence-electron chi connectivity index (χ0n) is 21.5. The Balaban J connectivity index is 1.21. The van der Waals surface area contributed by atoms with Gasteiger partial charge in [0.05, 0.1) is 16.6 Å². The normalized spacial score (nSPS) is 17.2. The maximum absolute atomic E-state index is 12.7. The molecule has 1 aliphatic heterocycles. The van der Waals surface area contributed by atoms with Crippen LogP contribution in [0.3, 0.4) is 0 Å². The predicted octanol–water partition coefficient (Wildman–Crippen LogP) is 4.63. The van der Waals surface area contributed by atoms with Crippen LogP contribution in [0.1, 0.15) is 58.4 Å². The lowest BCUT2D eigenvalue weighted by Gasteiger charge is -2.24. The summed E-state index contributed by atoms with van der Waals surface area (Å²) in [5.41, 5.74) is 11.5. The van der Waals surface area contributed by atoms with Crippen molar-refractivity contribution in [1.82, 2.24) is 25.9 Å². The van der Waals surface area contributed by atoms with Gasteiger partial charge in [0.2, 0.25) is 0 Å². The number of amides is 1. The number of carbonyl (C=O) groups excluding carboxylic acids is 1. The predicted molar refractivity (Wildman–Crippen MR) is 156 cm³/mol. The maximum Gasteiger partial charge on any atom is 0.252 e. The quantitative estimate of drug-likeness (QED) is 0.253. The number of hydrogen-bond acceptors (Lipinski definition) is 5. The third kappa shape index (κ3) is 5.93. The van der Waals surface area contributed by atoms with Crippen molar-refractivity contribution in [2.45, 2.75) is 44.7 Å². The molecule has 0 saturated carbocycles. The van der Waals surface area contributed by atoms with E-state index < -0.39 is 0 Å². The van der Waals surface area contributed by atoms with Crippen molar-refractivity contribution in [3.8, 4) is 0 Å². The van der Waals surface area contributed by atoms with Crippen LogP contribution in [0.2, 0.25) is 5.02 Å². The second kappa shape index (κ2) is 12.1. The Labute approximate surface area is 234 Å². The molecule has 1 atom stereocenters. The van der Waals surface area contributed by atoms with Crippen LogP contribution in [0.5, 0.6) is 0 Å². The Bertz CT molecular complexity index is 1270. The zero-order valence-corrected chi connectivity index (χ0v) is 23.0. The lowest BCUT2D eigenvalue weighted by molar-refractivity contribution is 0.0941. The average molecular weight is 549 g/mol. The molecule has 1 fully saturated rings. The minimum Gasteiger partial charge on any atom is -0.350 e. The Kier molecular flexibility index (Phi) is 8.42. The van der Waals surface area contributed by atoms with Crippen LogP contribution in [0.4, 0.5) is 5.82 Å². The maximum atomic E-state index is 12.7. The number of benzene rings is 2. The van der Waals surface area contributed by atoms with Crippen LogP contribution < -0.4 is 21.5 Å². The van der Waals surface area contributed by atoms with Crippen LogP contribution in [-0.2, 0) is 12.8 Å². The number of thiocarbonyl (C=S) groups is 1. The number of pyridine rings is 1. The standard InChI is InChI=1S/C29H33ClN6OS/c1-2-36-15-7-10-22(36)18-32-28(37)21-16-25(30)27(31-17-21)34-35-29(38)33-26-23-11-5-3-8-19(23)13-14-20-9-4-6-12-24(20)26/h3-6,8-9,11-12,16-17,22,26H,2,7,10,13-15,18H2,1H3,(H,31,34)(H,32,37)(H2,33,35,38)/t22-/m0/s1. The number of nitrogens with one attached hydrogen (secondary N) is 4. The lowest BCUT2D eigenvalue weighted by atomic mass is 9.95. The smallest absolute Gasteiger partial charge is 0.252 e. The SMILES string of the molecule is CCN1CCC[C@H]1CNC(=O)c1cnc(NNC(=S)NC2c3ccccc3CCc3ccccc32)c(Cl)c1. The number of rotatable bonds is 7. The van der Waals surface area contributed by atoms with E-state index in [2.05, 4.69) is 86.8 Å². The zero-order chi connectivity index (χ0) is 26.5. The molecule has 4 N–H and O–H groups in total. The van der Waals surface area contributed by atoms with Gasteiger partial charge in [-0.15, -0.1) is 0 Å². The Hall–Kier alpha value is -3.20. The van der Waals surface area contributed by atoms with E-state index in [9.17, 15) is 4.79 Å². The van der Waals surface area contributed by atoms with Crippen LogP contribution >= 0.6 is 23.8 Å². The van der Waals surface area contributed by atoms with Gasteiger partial charge in [-0.3, -0.25) is 20.5 Å². The number of fused-ring (bicyclic) bond motifs is 2. The Morgan fingerprint density at radius 2 is 1.79 bits per heavy atom. The van der Waals surface area contributed by atoms with E-state index in [1.54, 1.807) is 6.07 Å². The van der Waals surface area contributed by atoms with Gasteiger partial charge in [-0.05, 0) is 79.3 Å². The second-order valence-corrected chi connectivity index (χ2v) is 10.6. The molecular weight excluding hydrogens is 516 g/mol. The summed E-state index contributed by atoms with van der Waals surface area (Å²) in [6.45, 7) is 4.87. The van der Waals surface area contributed by atoms with Crippen molar-refractivity contribution >= 4 is 40.7 Å². The van der Waals surface area contributed by atoms with Gasteiger partial charge in [-0.2, -0.15) is 0 Å². The number of hydrogen-bond donors (Lipinski definition) is 4. The van der Waals surface area contributed by atoms with Crippen molar-refractivity contribution in [2.75, 3.05) is 25.1 Å². The molecule has 1 saturated heterocycles. The first-order valence-electron chi connectivity index (χ1n) is 13.2. The van der Waals surface area contributed by atoms with E-state index in [-0.39, 0.29) is 11.9 Å². The fourth-order valence-corrected chi connectivity index (χ4v) is 5.85. The first kappa shape index (κ1) is 26.4. The number of likely N-dealkylation sites (N-methyl/N-ethyl adjacent to an activating group) is 1. The molecular formula is C29H33ClN6OS. The summed E-state index contributed by atoms with van der Waals surface area (Å²) in [5, 5.41) is 7.23. The van der Waals surface area contributed by atoms with E-state index in [4.69, 9.17) is 23.8 Å². The molecule has 0 unspecified atom stereocenters. The van der Waals surface area contributed by atoms with Gasteiger partial charge in [0.25, 0.3) is 5.91 Å². The molecule has 1 aromatic heterocycles. The summed E-state index contributed by atoms with van der Waals surface area (Å²) in [7, 11) is 0. The van der Waals surface area contributed by atoms with E-state index in [0.717, 1.165) is 32.4 Å². The van der Waals surface area contributed by atoms with Gasteiger partial charge in [0, 0.05) is 18.8 Å². The van der Waals surface area contributed by atoms with E-state index in [1.807, 2.05) is 0 Å². The monoisotopic (exact) mass is 548 g/mol. The summed E-state index contributed by atoms with van der Waals surface area (Å²) < 4.78 is 0. The highest BCUT2D eigenvalue weighted by molar-refractivity contribution is 7.80. The van der Waals surface area contributed by atoms with E-state index in [1.165, 1.54) is 34.9 Å². The highest BCUT2D eigenvalue weighted by atomic mass is 35.5. The summed E-state index contributed by atoms with van der Waals surface area (Å²) >= 11 is 12.1. The molecule has 5 rings (SSSR count). The number of hydrazine groups is 1. The van der Waals surface area contributed by atoms with Crippen molar-refractivity contribution in [3.05, 3.63) is 93.6 Å². The molecule has 9 heteroatoms. The fraction of sp³-hybridized carbons (Fsp3) is 0.345. The van der Waals surface area contributed by atoms with Gasteiger partial charge in [0.15, 0.2) is 10.9 Å². The minimum atomic E-state index is -0.176. The van der Waals surface area contributed by atoms with Crippen LogP contribution in [-0.4, -0.2) is 46.6 Å². The molecule has 38 heavy (non-hydrogen) atoms. The molecule has 7 nitrogen and oxygen atoms in total. The van der Waals surface area contributed by atoms with Crippen LogP contribution in [0, 0.1) is 0 Å². The number of carbonyl (C=O) groups is 1. The Morgan fingerprint density at radius 1 is 1.11 bits per heavy atom. The van der Waals surface area contributed by atoms with E-state index >= 15 is 0 Å². The number of halogens is 1. The van der Waals surface area contributed by atoms with Gasteiger partial charge in [-0.1, -0.05) is 67.1 Å². The molecule has 2 aliphatic rings. The minimum absolute atomic E-state index is 0.0790. The molecule has 198 valence electrons. The van der Waals surface area contributed by atoms with Crippen molar-refractivity contribution in [2.24, 2.45) is 0 Å². The first-order valence-corrected chi connectivity index (χ1v) is 14.0. The van der Waals surface area contributed by atoms with Gasteiger partial charge < -0.3 is 10.6 Å². The number of likely N-dealkylation sites (tertiary alicyclic amines) is 1. The van der Waals surface area contributed by atoms with Crippen LogP contribution in [0.25, 0.3) is 0 Å². The molecule has 1 aliphatic carbocycles. The largest absolute Gasteiger partial charge is 0.350 e. The number of aryl methyl sites for hydroxylation is 2. The van der Waals surface area contributed by atoms with Crippen LogP contribution in [0.15, 0.2) is 60.8 Å². The number of aromatic nitrogens is 1. The van der Waals surface area contributed by atoms with E-state index in [0.29, 0.717) is 34.1 Å². The average Bonchev–Trinajstić information content (AvgIpc) is 3.34. The van der Waals surface area contributed by atoms with Gasteiger partial charge in [0.1, 0.15) is 0 Å². The Morgan fingerprint density at radius 3 is 2.45 bits per heavy atom. The topological polar surface area (TPSA) is 81.3 Å². The third-order valence-corrected chi connectivity index (χ3v) is 7.98. The molecule has 0 bridgehead atoms. The molecule has 0 spiro atoms. The highest BCUT2D eigenvalue weighted by Gasteiger charge is 2.25. The molecule has 0 radical (unpaired) electrons. The molecule has 1 amide bonds. The van der Waals surface area contributed by atoms with Gasteiger partial charge >= 0.3 is 0 Å². The first-order chi connectivity index (χ1) is 18.5. The fourth-order valence-electron chi connectivity index (χ4n) is 5.47. The number of nitrogens with zero attached hydrogens (tertiary/aromatic N) is 2. The lowest BCUT2D eigenvalue weighted by Crippen LogP contribution is -2.41. The van der Waals surface area contributed by atoms with Crippen molar-refractivity contribution < 1.29 is 4.79 Å². The molecule has 3 aromatic rings. The highest BCUT2D eigenvalue weighted by Crippen LogP contribution is 2.32. The number of anilines is 1. The summed E-state index contributed by atoms with van der Waals surface area (Å²) in [5.74, 6) is 0.215. The summed E-state index contributed by atoms with van der Waals surface area (Å²) in [6, 6.07) is 18.9. The van der Waals surface area contributed by atoms with Gasteiger partial charge in [-0.25, -0.2) is 4.98 Å². The van der Waals surface area contributed by atoms with Crippen molar-refractivity contribution in [1.29, 1.82) is 0 Å². The second-order valence-electron chi connectivity index (χ2n) is 9.74. The molecule has 2 heterocycles.